The summed E-state index contributed by atoms with van der Waals surface area (Å²) in [6.07, 6.45) is 1.30. The van der Waals surface area contributed by atoms with Crippen LogP contribution in [0.3, 0.4) is 0 Å². The summed E-state index contributed by atoms with van der Waals surface area (Å²) in [6.45, 7) is 0. The van der Waals surface area contributed by atoms with Gasteiger partial charge < -0.3 is 16.0 Å². The van der Waals surface area contributed by atoms with Crippen LogP contribution in [0.5, 0.6) is 0 Å². The van der Waals surface area contributed by atoms with Crippen molar-refractivity contribution in [2.45, 2.75) is 9.79 Å². The molecule has 7 rings (SSSR count). The molecule has 16 heteroatoms. The van der Waals surface area contributed by atoms with Crippen molar-refractivity contribution >= 4 is 87.6 Å². The van der Waals surface area contributed by atoms with E-state index in [1.165, 1.54) is 60.8 Å². The molecule has 0 aliphatic heterocycles. The zero-order valence-electron chi connectivity index (χ0n) is 27.0. The fourth-order valence-corrected chi connectivity index (χ4v) is 6.71. The van der Waals surface area contributed by atoms with Crippen molar-refractivity contribution in [1.82, 2.24) is 9.97 Å². The van der Waals surface area contributed by atoms with E-state index in [0.29, 0.717) is 44.0 Å². The Bertz CT molecular complexity index is 2750. The zero-order valence-corrected chi connectivity index (χ0v) is 28.6. The van der Waals surface area contributed by atoms with Gasteiger partial charge in [0.1, 0.15) is 5.69 Å². The van der Waals surface area contributed by atoms with E-state index >= 15 is 0 Å². The van der Waals surface area contributed by atoms with Crippen molar-refractivity contribution in [2.75, 3.05) is 16.0 Å². The first-order chi connectivity index (χ1) is 25.2. The highest BCUT2D eigenvalue weighted by atomic mass is 32.2. The molecular formula is C37H25N5O9S2. The molecule has 14 nitrogen and oxygen atoms in total. The Balaban J connectivity index is 1.24. The van der Waals surface area contributed by atoms with Crippen molar-refractivity contribution in [2.24, 2.45) is 0 Å². The molecule has 0 unspecified atom stereocenters. The Labute approximate surface area is 301 Å². The van der Waals surface area contributed by atoms with Crippen molar-refractivity contribution in [3.05, 3.63) is 138 Å². The van der Waals surface area contributed by atoms with Gasteiger partial charge in [-0.05, 0) is 77.5 Å². The summed E-state index contributed by atoms with van der Waals surface area (Å²) >= 11 is 0. The lowest BCUT2D eigenvalue weighted by atomic mass is 10.1. The van der Waals surface area contributed by atoms with Gasteiger partial charge in [-0.3, -0.25) is 28.5 Å². The monoisotopic (exact) mass is 747 g/mol. The summed E-state index contributed by atoms with van der Waals surface area (Å²) in [5, 5.41) is 9.94. The molecule has 264 valence electrons. The Morgan fingerprint density at radius 1 is 0.528 bits per heavy atom. The average Bonchev–Trinajstić information content (AvgIpc) is 3.13. The van der Waals surface area contributed by atoms with Crippen LogP contribution in [0.4, 0.5) is 17.1 Å². The molecular weight excluding hydrogens is 723 g/mol. The van der Waals surface area contributed by atoms with Gasteiger partial charge in [0.05, 0.1) is 27.0 Å². The van der Waals surface area contributed by atoms with Crippen LogP contribution in [-0.2, 0) is 20.2 Å². The molecule has 53 heavy (non-hydrogen) atoms. The molecule has 7 aromatic rings. The second kappa shape index (κ2) is 13.5. The first-order valence-electron chi connectivity index (χ1n) is 15.5. The quantitative estimate of drug-likeness (QED) is 0.110. The molecule has 0 fully saturated rings. The number of aromatic nitrogens is 2. The van der Waals surface area contributed by atoms with Crippen molar-refractivity contribution in [1.29, 1.82) is 0 Å². The van der Waals surface area contributed by atoms with Gasteiger partial charge in [0.15, 0.2) is 0 Å². The number of carbonyl (C=O) groups excluding carboxylic acids is 3. The minimum absolute atomic E-state index is 0.0235. The van der Waals surface area contributed by atoms with Crippen molar-refractivity contribution < 1.29 is 40.3 Å². The lowest BCUT2D eigenvalue weighted by Gasteiger charge is -2.14. The van der Waals surface area contributed by atoms with E-state index in [1.807, 2.05) is 0 Å². The Morgan fingerprint density at radius 2 is 1.04 bits per heavy atom. The summed E-state index contributed by atoms with van der Waals surface area (Å²) in [6, 6.07) is 28.3. The first-order valence-corrected chi connectivity index (χ1v) is 18.4. The molecule has 0 aliphatic rings. The molecule has 1 aromatic heterocycles. The van der Waals surface area contributed by atoms with Crippen LogP contribution >= 0.6 is 0 Å². The van der Waals surface area contributed by atoms with Crippen molar-refractivity contribution in [3.63, 3.8) is 0 Å². The molecule has 3 amide bonds. The molecule has 0 saturated carbocycles. The van der Waals surface area contributed by atoms with Crippen LogP contribution in [0.1, 0.15) is 31.2 Å². The van der Waals surface area contributed by atoms with E-state index in [1.54, 1.807) is 60.7 Å². The predicted octanol–water partition coefficient (Wildman–Crippen LogP) is 6.19. The maximum absolute atomic E-state index is 13.8. The summed E-state index contributed by atoms with van der Waals surface area (Å²) in [7, 11) is -8.95. The molecule has 1 heterocycles. The van der Waals surface area contributed by atoms with E-state index in [-0.39, 0.29) is 32.3 Å². The Morgan fingerprint density at radius 3 is 1.55 bits per heavy atom. The molecule has 0 radical (unpaired) electrons. The van der Waals surface area contributed by atoms with E-state index in [4.69, 9.17) is 0 Å². The number of hydrogen-bond donors (Lipinski definition) is 5. The van der Waals surface area contributed by atoms with E-state index in [9.17, 15) is 40.3 Å². The number of hydrogen-bond acceptors (Lipinski definition) is 9. The van der Waals surface area contributed by atoms with Crippen LogP contribution in [-0.4, -0.2) is 53.6 Å². The fraction of sp³-hybridized carbons (Fsp3) is 0. The van der Waals surface area contributed by atoms with Gasteiger partial charge in [0, 0.05) is 39.0 Å². The van der Waals surface area contributed by atoms with Gasteiger partial charge in [-0.25, -0.2) is 4.98 Å². The molecule has 0 saturated heterocycles. The smallest absolute Gasteiger partial charge is 0.294 e. The molecule has 6 aromatic carbocycles. The fourth-order valence-electron chi connectivity index (χ4n) is 5.68. The van der Waals surface area contributed by atoms with Gasteiger partial charge in [0.2, 0.25) is 0 Å². The highest BCUT2D eigenvalue weighted by Gasteiger charge is 2.19. The van der Waals surface area contributed by atoms with E-state index in [0.717, 1.165) is 0 Å². The number of nitrogens with one attached hydrogen (secondary N) is 3. The maximum Gasteiger partial charge on any atom is 0.294 e. The number of amides is 3. The minimum atomic E-state index is -4.48. The van der Waals surface area contributed by atoms with E-state index < -0.39 is 38.0 Å². The van der Waals surface area contributed by atoms with Crippen LogP contribution in [0.15, 0.2) is 131 Å². The Kier molecular flexibility index (Phi) is 8.88. The molecule has 5 N–H and O–H groups in total. The number of para-hydroxylation sites is 2. The van der Waals surface area contributed by atoms with Crippen LogP contribution in [0, 0.1) is 0 Å². The summed E-state index contributed by atoms with van der Waals surface area (Å²) < 4.78 is 65.7. The molecule has 0 spiro atoms. The molecule has 0 bridgehead atoms. The second-order valence-corrected chi connectivity index (χ2v) is 14.6. The van der Waals surface area contributed by atoms with E-state index in [2.05, 4.69) is 25.9 Å². The largest absolute Gasteiger partial charge is 0.321 e. The highest BCUT2D eigenvalue weighted by molar-refractivity contribution is 7.86. The lowest BCUT2D eigenvalue weighted by molar-refractivity contribution is 0.101. The highest BCUT2D eigenvalue weighted by Crippen LogP contribution is 2.29. The van der Waals surface area contributed by atoms with Gasteiger partial charge in [-0.2, -0.15) is 16.8 Å². The van der Waals surface area contributed by atoms with Gasteiger partial charge >= 0.3 is 0 Å². The third kappa shape index (κ3) is 7.42. The number of fused-ring (bicyclic) bond motifs is 3. The summed E-state index contributed by atoms with van der Waals surface area (Å²) in [4.78, 5) is 48.9. The number of rotatable bonds is 8. The normalized spacial score (nSPS) is 11.7. The number of benzene rings is 6. The van der Waals surface area contributed by atoms with Gasteiger partial charge in [-0.15, -0.1) is 0 Å². The maximum atomic E-state index is 13.8. The number of nitrogens with zero attached hydrogens (tertiary/aromatic N) is 2. The SMILES string of the molecule is O=C(Nc1cccc2cc(S(=O)(=O)O)ccc12)c1cc(NC(=O)c2cnc3ccccc3n2)cc(C(=O)Nc2cccc3cc(S(=O)(=O)O)ccc23)c1. The third-order valence-electron chi connectivity index (χ3n) is 8.19. The molecule has 0 atom stereocenters. The summed E-state index contributed by atoms with van der Waals surface area (Å²) in [5.74, 6) is -2.04. The van der Waals surface area contributed by atoms with Crippen LogP contribution in [0.25, 0.3) is 32.6 Å². The first kappa shape index (κ1) is 34.8. The standard InChI is InChI=1S/C37H25N5O9S2/c43-35(41-30-9-3-5-21-18-26(52(46,47)48)11-13-28(21)30)23-15-24(17-25(16-23)39-37(45)34-20-38-32-7-1-2-8-33(32)40-34)36(44)42-31-10-4-6-22-19-27(53(49,50)51)12-14-29(22)31/h1-20H,(H,39,45)(H,41,43)(H,42,44)(H,46,47,48)(H,49,50,51). The topological polar surface area (TPSA) is 222 Å². The van der Waals surface area contributed by atoms with Gasteiger partial charge in [0.25, 0.3) is 38.0 Å². The minimum Gasteiger partial charge on any atom is -0.321 e. The zero-order chi connectivity index (χ0) is 37.5. The number of anilines is 3. The van der Waals surface area contributed by atoms with Gasteiger partial charge in [-0.1, -0.05) is 48.5 Å². The Hall–Kier alpha value is -6.59. The van der Waals surface area contributed by atoms with Crippen molar-refractivity contribution in [3.8, 4) is 0 Å². The third-order valence-corrected chi connectivity index (χ3v) is 9.89. The lowest BCUT2D eigenvalue weighted by Crippen LogP contribution is -2.19. The van der Waals surface area contributed by atoms with Crippen LogP contribution < -0.4 is 16.0 Å². The average molecular weight is 748 g/mol. The predicted molar refractivity (Wildman–Crippen MR) is 197 cm³/mol. The van der Waals surface area contributed by atoms with Crippen LogP contribution in [0.2, 0.25) is 0 Å². The number of carbonyl (C=O) groups is 3. The summed E-state index contributed by atoms with van der Waals surface area (Å²) in [5.41, 5.74) is 1.60. The molecule has 0 aliphatic carbocycles. The second-order valence-electron chi connectivity index (χ2n) is 11.7.